The Bertz CT molecular complexity index is 507. The first-order valence-corrected chi connectivity index (χ1v) is 8.82. The van der Waals surface area contributed by atoms with Gasteiger partial charge in [-0.2, -0.15) is 0 Å². The molecule has 2 aromatic heterocycles. The van der Waals surface area contributed by atoms with Crippen molar-refractivity contribution >= 4 is 38.5 Å². The average Bonchev–Trinajstić information content (AvgIpc) is 3.33. The fraction of sp³-hybridized carbons (Fsp3) is 0.375. The molecule has 4 rings (SSSR count). The summed E-state index contributed by atoms with van der Waals surface area (Å²) in [6.07, 6.45) is 9.39. The molecule has 2 aliphatic carbocycles. The molecule has 2 nitrogen and oxygen atoms in total. The molecule has 104 valence electrons. The SMILES string of the molecule is Brc1ccc(C2CC2)cn1.Ic1ccc(C2CC2)cn1. The van der Waals surface area contributed by atoms with Crippen molar-refractivity contribution < 1.29 is 0 Å². The Morgan fingerprint density at radius 1 is 0.850 bits per heavy atom. The molecule has 0 saturated heterocycles. The van der Waals surface area contributed by atoms with Crippen LogP contribution in [0.2, 0.25) is 0 Å². The lowest BCUT2D eigenvalue weighted by molar-refractivity contribution is 1.08. The van der Waals surface area contributed by atoms with E-state index in [9.17, 15) is 0 Å². The topological polar surface area (TPSA) is 25.8 Å². The number of hydrogen-bond donors (Lipinski definition) is 0. The summed E-state index contributed by atoms with van der Waals surface area (Å²) in [5.41, 5.74) is 2.81. The van der Waals surface area contributed by atoms with Gasteiger partial charge in [0, 0.05) is 12.4 Å². The zero-order valence-corrected chi connectivity index (χ0v) is 14.8. The Balaban J connectivity index is 0.000000121. The zero-order valence-electron chi connectivity index (χ0n) is 11.1. The van der Waals surface area contributed by atoms with Crippen molar-refractivity contribution in [1.29, 1.82) is 0 Å². The van der Waals surface area contributed by atoms with E-state index in [4.69, 9.17) is 0 Å². The molecule has 4 heteroatoms. The molecule has 0 aromatic carbocycles. The second kappa shape index (κ2) is 6.52. The van der Waals surface area contributed by atoms with Gasteiger partial charge >= 0.3 is 0 Å². The molecule has 0 radical (unpaired) electrons. The minimum Gasteiger partial charge on any atom is -0.250 e. The van der Waals surface area contributed by atoms with Crippen molar-refractivity contribution in [3.8, 4) is 0 Å². The number of aromatic nitrogens is 2. The van der Waals surface area contributed by atoms with Crippen molar-refractivity contribution in [3.63, 3.8) is 0 Å². The Morgan fingerprint density at radius 2 is 1.40 bits per heavy atom. The van der Waals surface area contributed by atoms with Gasteiger partial charge in [-0.3, -0.25) is 4.98 Å². The molecule has 2 saturated carbocycles. The van der Waals surface area contributed by atoms with Gasteiger partial charge in [0.25, 0.3) is 0 Å². The third-order valence-electron chi connectivity index (χ3n) is 3.60. The Kier molecular flexibility index (Phi) is 4.71. The van der Waals surface area contributed by atoms with E-state index in [0.717, 1.165) is 20.1 Å². The van der Waals surface area contributed by atoms with Crippen LogP contribution in [0.25, 0.3) is 0 Å². The molecule has 2 aliphatic rings. The predicted molar refractivity (Wildman–Crippen MR) is 92.8 cm³/mol. The van der Waals surface area contributed by atoms with Gasteiger partial charge in [-0.15, -0.1) is 0 Å². The summed E-state index contributed by atoms with van der Waals surface area (Å²) < 4.78 is 2.01. The molecule has 0 spiro atoms. The fourth-order valence-electron chi connectivity index (χ4n) is 2.09. The van der Waals surface area contributed by atoms with E-state index in [1.165, 1.54) is 36.8 Å². The number of halogens is 2. The molecule has 2 aromatic rings. The van der Waals surface area contributed by atoms with Crippen LogP contribution in [0.3, 0.4) is 0 Å². The third kappa shape index (κ3) is 4.25. The fourth-order valence-corrected chi connectivity index (χ4v) is 2.64. The summed E-state index contributed by atoms with van der Waals surface area (Å²) in [4.78, 5) is 8.38. The van der Waals surface area contributed by atoms with Gasteiger partial charge in [0.15, 0.2) is 0 Å². The van der Waals surface area contributed by atoms with Crippen LogP contribution in [0.1, 0.15) is 48.6 Å². The zero-order chi connectivity index (χ0) is 13.9. The van der Waals surface area contributed by atoms with Crippen LogP contribution in [-0.4, -0.2) is 9.97 Å². The summed E-state index contributed by atoms with van der Waals surface area (Å²) in [6, 6.07) is 8.42. The predicted octanol–water partition coefficient (Wildman–Crippen LogP) is 5.29. The highest BCUT2D eigenvalue weighted by Crippen LogP contribution is 2.40. The molecule has 0 bridgehead atoms. The first kappa shape index (κ1) is 14.4. The van der Waals surface area contributed by atoms with Crippen molar-refractivity contribution in [3.05, 3.63) is 56.1 Å². The standard InChI is InChI=1S/C8H8BrN.C8H8IN/c2*9-8-4-3-7(5-10-8)6-1-2-6/h2*3-6H,1-2H2. The van der Waals surface area contributed by atoms with Gasteiger partial charge < -0.3 is 0 Å². The lowest BCUT2D eigenvalue weighted by atomic mass is 10.2. The molecule has 2 fully saturated rings. The lowest BCUT2D eigenvalue weighted by Gasteiger charge is -1.94. The Hall–Kier alpha value is -0.490. The van der Waals surface area contributed by atoms with Crippen LogP contribution in [-0.2, 0) is 0 Å². The molecular formula is C16H16BrIN2. The summed E-state index contributed by atoms with van der Waals surface area (Å²) >= 11 is 5.53. The van der Waals surface area contributed by atoms with Gasteiger partial charge in [-0.05, 0) is 99.3 Å². The van der Waals surface area contributed by atoms with E-state index in [2.05, 4.69) is 66.7 Å². The van der Waals surface area contributed by atoms with Gasteiger partial charge in [0.1, 0.15) is 8.30 Å². The molecule has 0 atom stereocenters. The molecule has 0 unspecified atom stereocenters. The summed E-state index contributed by atoms with van der Waals surface area (Å²) in [5.74, 6) is 1.66. The highest BCUT2D eigenvalue weighted by atomic mass is 127. The minimum atomic E-state index is 0.820. The monoisotopic (exact) mass is 442 g/mol. The number of hydrogen-bond acceptors (Lipinski definition) is 2. The second-order valence-electron chi connectivity index (χ2n) is 5.38. The normalized spacial score (nSPS) is 17.3. The maximum atomic E-state index is 4.23. The highest BCUT2D eigenvalue weighted by Gasteiger charge is 2.23. The minimum absolute atomic E-state index is 0.820. The quantitative estimate of drug-likeness (QED) is 0.466. The largest absolute Gasteiger partial charge is 0.250 e. The first-order chi connectivity index (χ1) is 9.72. The van der Waals surface area contributed by atoms with Crippen molar-refractivity contribution in [1.82, 2.24) is 9.97 Å². The van der Waals surface area contributed by atoms with Crippen LogP contribution in [0.5, 0.6) is 0 Å². The molecule has 20 heavy (non-hydrogen) atoms. The van der Waals surface area contributed by atoms with Crippen LogP contribution >= 0.6 is 38.5 Å². The average molecular weight is 443 g/mol. The molecule has 0 N–H and O–H groups in total. The number of rotatable bonds is 2. The van der Waals surface area contributed by atoms with Crippen molar-refractivity contribution in [2.45, 2.75) is 37.5 Å². The van der Waals surface area contributed by atoms with E-state index in [1.54, 1.807) is 0 Å². The second-order valence-corrected chi connectivity index (χ2v) is 7.29. The van der Waals surface area contributed by atoms with Crippen molar-refractivity contribution in [2.24, 2.45) is 0 Å². The van der Waals surface area contributed by atoms with E-state index in [1.807, 2.05) is 18.5 Å². The van der Waals surface area contributed by atoms with E-state index in [-0.39, 0.29) is 0 Å². The number of nitrogens with zero attached hydrogens (tertiary/aromatic N) is 2. The van der Waals surface area contributed by atoms with E-state index < -0.39 is 0 Å². The van der Waals surface area contributed by atoms with Gasteiger partial charge in [-0.25, -0.2) is 4.98 Å². The summed E-state index contributed by atoms with van der Waals surface area (Å²) in [7, 11) is 0. The lowest BCUT2D eigenvalue weighted by Crippen LogP contribution is -1.82. The van der Waals surface area contributed by atoms with Crippen LogP contribution in [0.4, 0.5) is 0 Å². The summed E-state index contributed by atoms with van der Waals surface area (Å²) in [6.45, 7) is 0. The Morgan fingerprint density at radius 3 is 1.80 bits per heavy atom. The first-order valence-electron chi connectivity index (χ1n) is 6.95. The maximum absolute atomic E-state index is 4.23. The number of pyridine rings is 2. The van der Waals surface area contributed by atoms with E-state index in [0.29, 0.717) is 0 Å². The van der Waals surface area contributed by atoms with Crippen LogP contribution in [0.15, 0.2) is 41.3 Å². The molecular weight excluding hydrogens is 427 g/mol. The Labute approximate surface area is 141 Å². The van der Waals surface area contributed by atoms with Gasteiger partial charge in [-0.1, -0.05) is 12.1 Å². The third-order valence-corrected chi connectivity index (χ3v) is 4.71. The molecule has 0 amide bonds. The maximum Gasteiger partial charge on any atom is 0.106 e. The van der Waals surface area contributed by atoms with Gasteiger partial charge in [0.2, 0.25) is 0 Å². The van der Waals surface area contributed by atoms with E-state index >= 15 is 0 Å². The highest BCUT2D eigenvalue weighted by molar-refractivity contribution is 14.1. The summed E-state index contributed by atoms with van der Waals surface area (Å²) in [5, 5.41) is 0. The van der Waals surface area contributed by atoms with Crippen LogP contribution < -0.4 is 0 Å². The molecule has 0 aliphatic heterocycles. The molecule has 2 heterocycles. The smallest absolute Gasteiger partial charge is 0.106 e. The van der Waals surface area contributed by atoms with Crippen LogP contribution in [0, 0.1) is 3.70 Å². The van der Waals surface area contributed by atoms with Gasteiger partial charge in [0.05, 0.1) is 0 Å². The van der Waals surface area contributed by atoms with Crippen molar-refractivity contribution in [2.75, 3.05) is 0 Å².